The highest BCUT2D eigenvalue weighted by atomic mass is 16.5. The van der Waals surface area contributed by atoms with E-state index >= 15 is 0 Å². The van der Waals surface area contributed by atoms with Crippen LogP contribution < -0.4 is 10.6 Å². The summed E-state index contributed by atoms with van der Waals surface area (Å²) in [7, 11) is 0. The summed E-state index contributed by atoms with van der Waals surface area (Å²) in [6, 6.07) is 9.42. The van der Waals surface area contributed by atoms with Gasteiger partial charge in [0.25, 0.3) is 0 Å². The number of aromatic nitrogens is 2. The van der Waals surface area contributed by atoms with Gasteiger partial charge in [-0.3, -0.25) is 15.1 Å². The lowest BCUT2D eigenvalue weighted by atomic mass is 10.1. The summed E-state index contributed by atoms with van der Waals surface area (Å²) in [6.07, 6.45) is 2.33. The number of amides is 1. The Morgan fingerprint density at radius 3 is 2.71 bits per heavy atom. The van der Waals surface area contributed by atoms with Gasteiger partial charge in [-0.15, -0.1) is 4.73 Å². The second-order valence-electron chi connectivity index (χ2n) is 4.90. The van der Waals surface area contributed by atoms with Gasteiger partial charge in [-0.05, 0) is 12.0 Å². The van der Waals surface area contributed by atoms with E-state index in [1.54, 1.807) is 0 Å². The van der Waals surface area contributed by atoms with Gasteiger partial charge in [-0.1, -0.05) is 30.3 Å². The number of hydrogen-bond donors (Lipinski definition) is 3. The molecule has 108 valence electrons. The monoisotopic (exact) mass is 285 g/mol. The minimum absolute atomic E-state index is 0.0662. The van der Waals surface area contributed by atoms with Crippen LogP contribution in [0.15, 0.2) is 36.5 Å². The lowest BCUT2D eigenvalue weighted by molar-refractivity contribution is -0.117. The highest BCUT2D eigenvalue weighted by molar-refractivity contribution is 5.97. The number of carbonyl (C=O) groups excluding carboxylic acids is 1. The Hall–Kier alpha value is -2.83. The van der Waals surface area contributed by atoms with Gasteiger partial charge in [-0.25, -0.2) is 4.98 Å². The molecule has 1 aliphatic rings. The summed E-state index contributed by atoms with van der Waals surface area (Å²) in [5.74, 6) is -0.324. The standard InChI is InChI=1S/C14H15N5O2/c15-13(16)11-8-17-14(19(11)21)18-10(6-7-12(18)20)9-4-2-1-3-5-9/h1-5,8,10,21H,6-7H2,(H3,15,16). The van der Waals surface area contributed by atoms with Crippen molar-refractivity contribution in [2.24, 2.45) is 5.73 Å². The molecule has 7 nitrogen and oxygen atoms in total. The molecule has 7 heteroatoms. The van der Waals surface area contributed by atoms with Crippen molar-refractivity contribution in [1.82, 2.24) is 9.71 Å². The number of anilines is 1. The van der Waals surface area contributed by atoms with Crippen LogP contribution in [-0.4, -0.2) is 26.7 Å². The van der Waals surface area contributed by atoms with Gasteiger partial charge in [0.2, 0.25) is 11.9 Å². The van der Waals surface area contributed by atoms with E-state index in [4.69, 9.17) is 11.1 Å². The predicted molar refractivity (Wildman–Crippen MR) is 76.3 cm³/mol. The fourth-order valence-electron chi connectivity index (χ4n) is 2.61. The van der Waals surface area contributed by atoms with Crippen molar-refractivity contribution in [2.75, 3.05) is 4.90 Å². The van der Waals surface area contributed by atoms with E-state index in [9.17, 15) is 10.0 Å². The van der Waals surface area contributed by atoms with Gasteiger partial charge in [0, 0.05) is 6.42 Å². The van der Waals surface area contributed by atoms with Gasteiger partial charge < -0.3 is 10.9 Å². The van der Waals surface area contributed by atoms with Crippen molar-refractivity contribution >= 4 is 17.7 Å². The normalized spacial score (nSPS) is 18.2. The van der Waals surface area contributed by atoms with Crippen LogP contribution in [0.2, 0.25) is 0 Å². The van der Waals surface area contributed by atoms with Crippen molar-refractivity contribution in [1.29, 1.82) is 5.41 Å². The molecule has 1 unspecified atom stereocenters. The molecule has 1 amide bonds. The van der Waals surface area contributed by atoms with Crippen LogP contribution in [0.5, 0.6) is 0 Å². The lowest BCUT2D eigenvalue weighted by Gasteiger charge is -2.23. The van der Waals surface area contributed by atoms with Crippen LogP contribution >= 0.6 is 0 Å². The van der Waals surface area contributed by atoms with E-state index in [-0.39, 0.29) is 29.4 Å². The first kappa shape index (κ1) is 13.2. The van der Waals surface area contributed by atoms with E-state index in [2.05, 4.69) is 4.98 Å². The van der Waals surface area contributed by atoms with E-state index in [0.29, 0.717) is 17.6 Å². The number of benzene rings is 1. The zero-order chi connectivity index (χ0) is 15.0. The minimum Gasteiger partial charge on any atom is -0.425 e. The number of nitrogens with one attached hydrogen (secondary N) is 1. The average Bonchev–Trinajstić information content (AvgIpc) is 3.03. The van der Waals surface area contributed by atoms with Crippen molar-refractivity contribution in [3.05, 3.63) is 47.8 Å². The SMILES string of the molecule is N=C(N)c1cnc(N2C(=O)CCC2c2ccccc2)n1O. The molecular formula is C14H15N5O2. The Bertz CT molecular complexity index is 695. The first-order valence-electron chi connectivity index (χ1n) is 6.58. The molecule has 0 spiro atoms. The maximum atomic E-state index is 12.2. The zero-order valence-corrected chi connectivity index (χ0v) is 11.2. The second-order valence-corrected chi connectivity index (χ2v) is 4.90. The van der Waals surface area contributed by atoms with Crippen molar-refractivity contribution < 1.29 is 10.0 Å². The van der Waals surface area contributed by atoms with Crippen molar-refractivity contribution in [2.45, 2.75) is 18.9 Å². The third kappa shape index (κ3) is 2.12. The molecule has 0 saturated carbocycles. The molecule has 1 fully saturated rings. The van der Waals surface area contributed by atoms with Crippen LogP contribution in [0.25, 0.3) is 0 Å². The summed E-state index contributed by atoms with van der Waals surface area (Å²) in [5, 5.41) is 17.5. The highest BCUT2D eigenvalue weighted by Gasteiger charge is 2.36. The summed E-state index contributed by atoms with van der Waals surface area (Å²) >= 11 is 0. The number of rotatable bonds is 3. The Morgan fingerprint density at radius 1 is 1.38 bits per heavy atom. The third-order valence-electron chi connectivity index (χ3n) is 3.61. The summed E-state index contributed by atoms with van der Waals surface area (Å²) in [5.41, 5.74) is 6.41. The summed E-state index contributed by atoms with van der Waals surface area (Å²) in [6.45, 7) is 0. The highest BCUT2D eigenvalue weighted by Crippen LogP contribution is 2.36. The van der Waals surface area contributed by atoms with Gasteiger partial charge in [-0.2, -0.15) is 0 Å². The van der Waals surface area contributed by atoms with Gasteiger partial charge in [0.15, 0.2) is 0 Å². The van der Waals surface area contributed by atoms with Crippen LogP contribution in [0.4, 0.5) is 5.95 Å². The fourth-order valence-corrected chi connectivity index (χ4v) is 2.61. The average molecular weight is 285 g/mol. The molecule has 4 N–H and O–H groups in total. The Balaban J connectivity index is 2.03. The minimum atomic E-state index is -0.306. The molecule has 1 aromatic carbocycles. The zero-order valence-electron chi connectivity index (χ0n) is 11.2. The molecular weight excluding hydrogens is 270 g/mol. The molecule has 1 saturated heterocycles. The van der Waals surface area contributed by atoms with Crippen LogP contribution in [0, 0.1) is 5.41 Å². The molecule has 1 aliphatic heterocycles. The maximum Gasteiger partial charge on any atom is 0.247 e. The Labute approximate surface area is 121 Å². The lowest BCUT2D eigenvalue weighted by Crippen LogP contribution is -2.30. The first-order chi connectivity index (χ1) is 10.1. The van der Waals surface area contributed by atoms with E-state index in [1.807, 2.05) is 30.3 Å². The topological polar surface area (TPSA) is 108 Å². The number of nitrogens with two attached hydrogens (primary N) is 1. The molecule has 1 atom stereocenters. The van der Waals surface area contributed by atoms with Crippen LogP contribution in [0.3, 0.4) is 0 Å². The number of hydrogen-bond acceptors (Lipinski definition) is 4. The second kappa shape index (κ2) is 4.93. The van der Waals surface area contributed by atoms with Crippen LogP contribution in [-0.2, 0) is 4.79 Å². The quantitative estimate of drug-likeness (QED) is 0.448. The maximum absolute atomic E-state index is 12.2. The molecule has 0 bridgehead atoms. The number of imidazole rings is 1. The smallest absolute Gasteiger partial charge is 0.247 e. The van der Waals surface area contributed by atoms with Crippen molar-refractivity contribution in [3.8, 4) is 0 Å². The molecule has 0 radical (unpaired) electrons. The van der Waals surface area contributed by atoms with E-state index in [1.165, 1.54) is 11.1 Å². The summed E-state index contributed by atoms with van der Waals surface area (Å²) in [4.78, 5) is 17.7. The summed E-state index contributed by atoms with van der Waals surface area (Å²) < 4.78 is 0.696. The molecule has 3 rings (SSSR count). The van der Waals surface area contributed by atoms with Gasteiger partial charge >= 0.3 is 0 Å². The molecule has 2 aromatic rings. The fraction of sp³-hybridized carbons (Fsp3) is 0.214. The number of carbonyl (C=O) groups is 1. The predicted octanol–water partition coefficient (Wildman–Crippen LogP) is 1.27. The molecule has 2 heterocycles. The van der Waals surface area contributed by atoms with E-state index in [0.717, 1.165) is 5.56 Å². The number of nitrogens with zero attached hydrogens (tertiary/aromatic N) is 3. The van der Waals surface area contributed by atoms with E-state index < -0.39 is 0 Å². The van der Waals surface area contributed by atoms with Crippen molar-refractivity contribution in [3.63, 3.8) is 0 Å². The number of amidine groups is 1. The number of nitrogen functional groups attached to an aromatic ring is 1. The molecule has 1 aromatic heterocycles. The van der Waals surface area contributed by atoms with Gasteiger partial charge in [0.05, 0.1) is 12.2 Å². The first-order valence-corrected chi connectivity index (χ1v) is 6.58. The van der Waals surface area contributed by atoms with Gasteiger partial charge in [0.1, 0.15) is 11.5 Å². The molecule has 21 heavy (non-hydrogen) atoms. The Kier molecular flexibility index (Phi) is 3.09. The van der Waals surface area contributed by atoms with Crippen LogP contribution in [0.1, 0.15) is 30.1 Å². The molecule has 0 aliphatic carbocycles. The Morgan fingerprint density at radius 2 is 2.10 bits per heavy atom. The largest absolute Gasteiger partial charge is 0.425 e. The third-order valence-corrected chi connectivity index (χ3v) is 3.61.